The lowest BCUT2D eigenvalue weighted by molar-refractivity contribution is -0.134. The number of hydrogen-bond acceptors (Lipinski definition) is 3. The molecule has 2 N–H and O–H groups in total. The SMILES string of the molecule is CC(=O)N(CCc1ccccc1)CC(=O)NCC1(O)CCCCCC1. The minimum Gasteiger partial charge on any atom is -0.388 e. The fraction of sp³-hybridized carbons (Fsp3) is 0.600. The first-order chi connectivity index (χ1) is 12.0. The second-order valence-electron chi connectivity index (χ2n) is 7.09. The maximum atomic E-state index is 12.2. The zero-order valence-electron chi connectivity index (χ0n) is 15.2. The van der Waals surface area contributed by atoms with Crippen LogP contribution in [0.5, 0.6) is 0 Å². The summed E-state index contributed by atoms with van der Waals surface area (Å²) in [5, 5.41) is 13.4. The van der Waals surface area contributed by atoms with Gasteiger partial charge < -0.3 is 15.3 Å². The van der Waals surface area contributed by atoms with Gasteiger partial charge in [0.05, 0.1) is 12.1 Å². The van der Waals surface area contributed by atoms with Crippen LogP contribution in [0.4, 0.5) is 0 Å². The molecule has 0 radical (unpaired) electrons. The summed E-state index contributed by atoms with van der Waals surface area (Å²) >= 11 is 0. The summed E-state index contributed by atoms with van der Waals surface area (Å²) in [5.41, 5.74) is 0.346. The maximum Gasteiger partial charge on any atom is 0.239 e. The average Bonchev–Trinajstić information content (AvgIpc) is 2.82. The van der Waals surface area contributed by atoms with Gasteiger partial charge in [0.2, 0.25) is 11.8 Å². The summed E-state index contributed by atoms with van der Waals surface area (Å²) in [6.45, 7) is 2.31. The fourth-order valence-corrected chi connectivity index (χ4v) is 3.31. The molecule has 5 nitrogen and oxygen atoms in total. The van der Waals surface area contributed by atoms with Gasteiger partial charge in [-0.15, -0.1) is 0 Å². The molecule has 25 heavy (non-hydrogen) atoms. The Morgan fingerprint density at radius 2 is 1.76 bits per heavy atom. The van der Waals surface area contributed by atoms with Crippen molar-refractivity contribution in [3.63, 3.8) is 0 Å². The van der Waals surface area contributed by atoms with E-state index in [9.17, 15) is 14.7 Å². The van der Waals surface area contributed by atoms with Crippen LogP contribution in [0, 0.1) is 0 Å². The highest BCUT2D eigenvalue weighted by molar-refractivity contribution is 5.83. The lowest BCUT2D eigenvalue weighted by Gasteiger charge is -2.27. The molecule has 0 unspecified atom stereocenters. The van der Waals surface area contributed by atoms with E-state index in [1.807, 2.05) is 30.3 Å². The van der Waals surface area contributed by atoms with Gasteiger partial charge in [0.25, 0.3) is 0 Å². The number of aliphatic hydroxyl groups is 1. The van der Waals surface area contributed by atoms with Crippen LogP contribution in [-0.2, 0) is 16.0 Å². The van der Waals surface area contributed by atoms with E-state index in [0.717, 1.165) is 50.5 Å². The highest BCUT2D eigenvalue weighted by Crippen LogP contribution is 2.26. The molecule has 2 rings (SSSR count). The molecule has 1 fully saturated rings. The maximum absolute atomic E-state index is 12.2. The van der Waals surface area contributed by atoms with E-state index in [0.29, 0.717) is 6.54 Å². The van der Waals surface area contributed by atoms with Crippen molar-refractivity contribution >= 4 is 11.8 Å². The number of rotatable bonds is 7. The number of nitrogens with zero attached hydrogens (tertiary/aromatic N) is 1. The Labute approximate surface area is 150 Å². The first kappa shape index (κ1) is 19.4. The zero-order valence-corrected chi connectivity index (χ0v) is 15.2. The number of carbonyl (C=O) groups is 2. The molecule has 0 atom stereocenters. The predicted octanol–water partition coefficient (Wildman–Crippen LogP) is 2.28. The van der Waals surface area contributed by atoms with E-state index >= 15 is 0 Å². The lowest BCUT2D eigenvalue weighted by Crippen LogP contribution is -2.47. The Hall–Kier alpha value is -1.88. The van der Waals surface area contributed by atoms with Gasteiger partial charge in [0.1, 0.15) is 0 Å². The predicted molar refractivity (Wildman–Crippen MR) is 98.1 cm³/mol. The Morgan fingerprint density at radius 3 is 2.36 bits per heavy atom. The fourth-order valence-electron chi connectivity index (χ4n) is 3.31. The minimum atomic E-state index is -0.794. The second-order valence-corrected chi connectivity index (χ2v) is 7.09. The topological polar surface area (TPSA) is 69.6 Å². The van der Waals surface area contributed by atoms with Gasteiger partial charge in [-0.05, 0) is 24.8 Å². The third-order valence-electron chi connectivity index (χ3n) is 4.94. The van der Waals surface area contributed by atoms with E-state index < -0.39 is 5.60 Å². The summed E-state index contributed by atoms with van der Waals surface area (Å²) in [4.78, 5) is 25.6. The number of benzene rings is 1. The summed E-state index contributed by atoms with van der Waals surface area (Å²) in [6.07, 6.45) is 6.49. The van der Waals surface area contributed by atoms with Crippen molar-refractivity contribution < 1.29 is 14.7 Å². The molecule has 1 aromatic carbocycles. The number of amides is 2. The van der Waals surface area contributed by atoms with E-state index in [2.05, 4.69) is 5.32 Å². The zero-order chi connectivity index (χ0) is 18.1. The smallest absolute Gasteiger partial charge is 0.239 e. The lowest BCUT2D eigenvalue weighted by atomic mass is 9.94. The molecule has 138 valence electrons. The van der Waals surface area contributed by atoms with Crippen LogP contribution in [0.25, 0.3) is 0 Å². The van der Waals surface area contributed by atoms with Crippen LogP contribution in [-0.4, -0.2) is 47.1 Å². The molecule has 2 amide bonds. The second kappa shape index (κ2) is 9.56. The first-order valence-corrected chi connectivity index (χ1v) is 9.27. The largest absolute Gasteiger partial charge is 0.388 e. The van der Waals surface area contributed by atoms with Gasteiger partial charge in [0, 0.05) is 20.0 Å². The molecule has 0 spiro atoms. The Kier molecular flexibility index (Phi) is 7.44. The van der Waals surface area contributed by atoms with Crippen LogP contribution >= 0.6 is 0 Å². The molecule has 1 saturated carbocycles. The highest BCUT2D eigenvalue weighted by Gasteiger charge is 2.28. The van der Waals surface area contributed by atoms with Crippen LogP contribution in [0.3, 0.4) is 0 Å². The summed E-state index contributed by atoms with van der Waals surface area (Å²) in [6, 6.07) is 9.92. The highest BCUT2D eigenvalue weighted by atomic mass is 16.3. The van der Waals surface area contributed by atoms with Crippen LogP contribution in [0.2, 0.25) is 0 Å². The van der Waals surface area contributed by atoms with E-state index in [1.165, 1.54) is 6.92 Å². The molecular formula is C20H30N2O3. The van der Waals surface area contributed by atoms with Gasteiger partial charge >= 0.3 is 0 Å². The standard InChI is InChI=1S/C20H30N2O3/c1-17(23)22(14-11-18-9-5-4-6-10-18)15-19(24)21-16-20(25)12-7-2-3-8-13-20/h4-6,9-10,25H,2-3,7-8,11-16H2,1H3,(H,21,24). The monoisotopic (exact) mass is 346 g/mol. The van der Waals surface area contributed by atoms with Crippen molar-refractivity contribution in [1.82, 2.24) is 10.2 Å². The number of hydrogen-bond donors (Lipinski definition) is 2. The van der Waals surface area contributed by atoms with Crippen molar-refractivity contribution in [3.8, 4) is 0 Å². The van der Waals surface area contributed by atoms with Gasteiger partial charge in [-0.25, -0.2) is 0 Å². The van der Waals surface area contributed by atoms with Crippen LogP contribution < -0.4 is 5.32 Å². The molecule has 0 aromatic heterocycles. The van der Waals surface area contributed by atoms with Crippen molar-refractivity contribution in [1.29, 1.82) is 0 Å². The van der Waals surface area contributed by atoms with Crippen LogP contribution in [0.15, 0.2) is 30.3 Å². The molecule has 1 aliphatic carbocycles. The van der Waals surface area contributed by atoms with Gasteiger partial charge in [-0.1, -0.05) is 56.0 Å². The number of carbonyl (C=O) groups excluding carboxylic acids is 2. The van der Waals surface area contributed by atoms with Crippen molar-refractivity contribution in [2.45, 2.75) is 57.5 Å². The van der Waals surface area contributed by atoms with Gasteiger partial charge in [0.15, 0.2) is 0 Å². The molecular weight excluding hydrogens is 316 g/mol. The summed E-state index contributed by atoms with van der Waals surface area (Å²) < 4.78 is 0. The van der Waals surface area contributed by atoms with Crippen molar-refractivity contribution in [3.05, 3.63) is 35.9 Å². The van der Waals surface area contributed by atoms with E-state index in [-0.39, 0.29) is 24.9 Å². The Balaban J connectivity index is 1.80. The summed E-state index contributed by atoms with van der Waals surface area (Å²) in [7, 11) is 0. The van der Waals surface area contributed by atoms with E-state index in [1.54, 1.807) is 4.90 Å². The summed E-state index contributed by atoms with van der Waals surface area (Å²) in [5.74, 6) is -0.319. The third kappa shape index (κ3) is 6.86. The Morgan fingerprint density at radius 1 is 1.12 bits per heavy atom. The number of nitrogens with one attached hydrogen (secondary N) is 1. The molecule has 5 heteroatoms. The first-order valence-electron chi connectivity index (χ1n) is 9.27. The van der Waals surface area contributed by atoms with Crippen molar-refractivity contribution in [2.24, 2.45) is 0 Å². The average molecular weight is 346 g/mol. The molecule has 0 heterocycles. The molecule has 0 bridgehead atoms. The molecule has 1 aromatic rings. The molecule has 0 saturated heterocycles. The van der Waals surface area contributed by atoms with E-state index in [4.69, 9.17) is 0 Å². The van der Waals surface area contributed by atoms with Gasteiger partial charge in [-0.3, -0.25) is 9.59 Å². The molecule has 0 aliphatic heterocycles. The molecule has 1 aliphatic rings. The normalized spacial score (nSPS) is 16.7. The minimum absolute atomic E-state index is 0.0399. The quantitative estimate of drug-likeness (QED) is 0.744. The van der Waals surface area contributed by atoms with Gasteiger partial charge in [-0.2, -0.15) is 0 Å². The third-order valence-corrected chi connectivity index (χ3v) is 4.94. The Bertz CT molecular complexity index is 551. The van der Waals surface area contributed by atoms with Crippen molar-refractivity contribution in [2.75, 3.05) is 19.6 Å². The van der Waals surface area contributed by atoms with Crippen LogP contribution in [0.1, 0.15) is 51.0 Å².